The fourth-order valence-corrected chi connectivity index (χ4v) is 2.63. The molecule has 0 atom stereocenters. The molecule has 0 unspecified atom stereocenters. The van der Waals surface area contributed by atoms with Crippen LogP contribution in [0.2, 0.25) is 0 Å². The highest BCUT2D eigenvalue weighted by Gasteiger charge is 2.19. The largest absolute Gasteiger partial charge is 0.369 e. The van der Waals surface area contributed by atoms with Gasteiger partial charge in [-0.1, -0.05) is 0 Å². The summed E-state index contributed by atoms with van der Waals surface area (Å²) >= 11 is 1.41. The molecule has 6 heteroatoms. The topological polar surface area (TPSA) is 49.6 Å². The zero-order valence-electron chi connectivity index (χ0n) is 10.6. The Kier molecular flexibility index (Phi) is 4.08. The Hall–Kier alpha value is -1.27. The van der Waals surface area contributed by atoms with E-state index in [1.165, 1.54) is 11.8 Å². The van der Waals surface area contributed by atoms with E-state index in [-0.39, 0.29) is 10.6 Å². The molecule has 0 aromatic heterocycles. The molecule has 0 N–H and O–H groups in total. The SMILES string of the molecule is CSc1ccc(N2CCN(C)CC2)cc1[N+](=O)[O-]. The lowest BCUT2D eigenvalue weighted by Crippen LogP contribution is -2.44. The van der Waals surface area contributed by atoms with Crippen molar-refractivity contribution in [1.29, 1.82) is 0 Å². The number of benzene rings is 1. The van der Waals surface area contributed by atoms with Crippen molar-refractivity contribution in [2.45, 2.75) is 4.90 Å². The van der Waals surface area contributed by atoms with Crippen LogP contribution >= 0.6 is 11.8 Å². The average molecular weight is 267 g/mol. The summed E-state index contributed by atoms with van der Waals surface area (Å²) in [5.41, 5.74) is 1.16. The van der Waals surface area contributed by atoms with Gasteiger partial charge in [0, 0.05) is 37.9 Å². The van der Waals surface area contributed by atoms with Gasteiger partial charge >= 0.3 is 0 Å². The minimum Gasteiger partial charge on any atom is -0.369 e. The van der Waals surface area contributed by atoms with Crippen molar-refractivity contribution in [2.75, 3.05) is 44.4 Å². The predicted molar refractivity (Wildman–Crippen MR) is 74.6 cm³/mol. The fraction of sp³-hybridized carbons (Fsp3) is 0.500. The lowest BCUT2D eigenvalue weighted by Gasteiger charge is -2.34. The van der Waals surface area contributed by atoms with Crippen molar-refractivity contribution in [2.24, 2.45) is 0 Å². The number of nitrogens with zero attached hydrogens (tertiary/aromatic N) is 3. The Balaban J connectivity index is 2.24. The zero-order chi connectivity index (χ0) is 13.1. The molecule has 0 radical (unpaired) electrons. The van der Waals surface area contributed by atoms with Crippen LogP contribution in [0.1, 0.15) is 0 Å². The van der Waals surface area contributed by atoms with E-state index in [9.17, 15) is 10.1 Å². The second kappa shape index (κ2) is 5.58. The maximum absolute atomic E-state index is 11.0. The summed E-state index contributed by atoms with van der Waals surface area (Å²) in [7, 11) is 2.09. The van der Waals surface area contributed by atoms with Crippen LogP contribution in [0.25, 0.3) is 0 Å². The van der Waals surface area contributed by atoms with E-state index in [0.717, 1.165) is 36.8 Å². The summed E-state index contributed by atoms with van der Waals surface area (Å²) in [5.74, 6) is 0. The molecule has 98 valence electrons. The molecule has 1 saturated heterocycles. The first-order valence-electron chi connectivity index (χ1n) is 5.87. The highest BCUT2D eigenvalue weighted by Crippen LogP contribution is 2.31. The molecule has 2 rings (SSSR count). The Morgan fingerprint density at radius 1 is 1.28 bits per heavy atom. The van der Waals surface area contributed by atoms with Gasteiger partial charge in [-0.2, -0.15) is 0 Å². The third-order valence-corrected chi connectivity index (χ3v) is 4.01. The van der Waals surface area contributed by atoms with Gasteiger partial charge in [-0.15, -0.1) is 11.8 Å². The first kappa shape index (κ1) is 13.2. The van der Waals surface area contributed by atoms with E-state index in [2.05, 4.69) is 16.8 Å². The molecule has 1 heterocycles. The monoisotopic (exact) mass is 267 g/mol. The van der Waals surface area contributed by atoms with Crippen molar-refractivity contribution in [3.63, 3.8) is 0 Å². The minimum atomic E-state index is -0.300. The standard InChI is InChI=1S/C12H17N3O2S/c1-13-5-7-14(8-6-13)10-3-4-12(18-2)11(9-10)15(16)17/h3-4,9H,5-8H2,1-2H3. The van der Waals surface area contributed by atoms with Gasteiger partial charge in [0.15, 0.2) is 0 Å². The second-order valence-electron chi connectivity index (χ2n) is 4.40. The lowest BCUT2D eigenvalue weighted by molar-refractivity contribution is -0.387. The number of anilines is 1. The molecular weight excluding hydrogens is 250 g/mol. The molecule has 1 aromatic carbocycles. The number of rotatable bonds is 3. The Morgan fingerprint density at radius 3 is 2.50 bits per heavy atom. The number of hydrogen-bond acceptors (Lipinski definition) is 5. The summed E-state index contributed by atoms with van der Waals surface area (Å²) in [6.45, 7) is 3.84. The zero-order valence-corrected chi connectivity index (χ0v) is 11.4. The van der Waals surface area contributed by atoms with Crippen LogP contribution in [0.5, 0.6) is 0 Å². The summed E-state index contributed by atoms with van der Waals surface area (Å²) in [6, 6.07) is 5.51. The van der Waals surface area contributed by atoms with Gasteiger partial charge in [0.05, 0.1) is 9.82 Å². The molecule has 18 heavy (non-hydrogen) atoms. The Labute approximate surface area is 111 Å². The molecule has 1 aliphatic heterocycles. The van der Waals surface area contributed by atoms with E-state index in [0.29, 0.717) is 0 Å². The van der Waals surface area contributed by atoms with Crippen molar-refractivity contribution in [1.82, 2.24) is 4.90 Å². The van der Waals surface area contributed by atoms with Gasteiger partial charge in [-0.05, 0) is 25.4 Å². The van der Waals surface area contributed by atoms with E-state index in [1.54, 1.807) is 6.07 Å². The summed E-state index contributed by atoms with van der Waals surface area (Å²) in [5, 5.41) is 11.0. The lowest BCUT2D eigenvalue weighted by atomic mass is 10.2. The summed E-state index contributed by atoms with van der Waals surface area (Å²) in [4.78, 5) is 15.9. The maximum atomic E-state index is 11.0. The van der Waals surface area contributed by atoms with E-state index in [4.69, 9.17) is 0 Å². The molecule has 0 aliphatic carbocycles. The number of piperazine rings is 1. The number of nitro groups is 1. The van der Waals surface area contributed by atoms with Crippen molar-refractivity contribution >= 4 is 23.1 Å². The second-order valence-corrected chi connectivity index (χ2v) is 5.25. The Morgan fingerprint density at radius 2 is 1.94 bits per heavy atom. The van der Waals surface area contributed by atoms with E-state index in [1.807, 2.05) is 18.4 Å². The number of likely N-dealkylation sites (N-methyl/N-ethyl adjacent to an activating group) is 1. The van der Waals surface area contributed by atoms with Crippen molar-refractivity contribution in [3.05, 3.63) is 28.3 Å². The number of thioether (sulfide) groups is 1. The van der Waals surface area contributed by atoms with Crippen LogP contribution in [-0.4, -0.2) is 49.3 Å². The predicted octanol–water partition coefficient (Wildman–Crippen LogP) is 2.07. The molecule has 1 aliphatic rings. The van der Waals surface area contributed by atoms with Gasteiger partial charge in [0.25, 0.3) is 5.69 Å². The van der Waals surface area contributed by atoms with Gasteiger partial charge in [-0.25, -0.2) is 0 Å². The third kappa shape index (κ3) is 2.76. The summed E-state index contributed by atoms with van der Waals surface area (Å²) in [6.07, 6.45) is 1.86. The van der Waals surface area contributed by atoms with Gasteiger partial charge in [0.2, 0.25) is 0 Å². The van der Waals surface area contributed by atoms with Gasteiger partial charge < -0.3 is 9.80 Å². The van der Waals surface area contributed by atoms with Crippen LogP contribution in [0, 0.1) is 10.1 Å². The minimum absolute atomic E-state index is 0.207. The molecule has 5 nitrogen and oxygen atoms in total. The van der Waals surface area contributed by atoms with Crippen LogP contribution in [-0.2, 0) is 0 Å². The first-order valence-corrected chi connectivity index (χ1v) is 7.10. The quantitative estimate of drug-likeness (QED) is 0.477. The van der Waals surface area contributed by atoms with Crippen LogP contribution < -0.4 is 4.90 Å². The average Bonchev–Trinajstić information content (AvgIpc) is 2.39. The Bertz CT molecular complexity index is 445. The van der Waals surface area contributed by atoms with Crippen LogP contribution in [0.3, 0.4) is 0 Å². The van der Waals surface area contributed by atoms with Crippen LogP contribution in [0.4, 0.5) is 11.4 Å². The molecule has 0 spiro atoms. The third-order valence-electron chi connectivity index (χ3n) is 3.23. The molecule has 0 bridgehead atoms. The number of hydrogen-bond donors (Lipinski definition) is 0. The normalized spacial score (nSPS) is 16.9. The van der Waals surface area contributed by atoms with Gasteiger partial charge in [0.1, 0.15) is 0 Å². The highest BCUT2D eigenvalue weighted by atomic mass is 32.2. The molecule has 0 saturated carbocycles. The summed E-state index contributed by atoms with van der Waals surface area (Å²) < 4.78 is 0. The van der Waals surface area contributed by atoms with Crippen molar-refractivity contribution < 1.29 is 4.92 Å². The van der Waals surface area contributed by atoms with Crippen molar-refractivity contribution in [3.8, 4) is 0 Å². The highest BCUT2D eigenvalue weighted by molar-refractivity contribution is 7.98. The van der Waals surface area contributed by atoms with E-state index >= 15 is 0 Å². The first-order chi connectivity index (χ1) is 8.61. The maximum Gasteiger partial charge on any atom is 0.284 e. The van der Waals surface area contributed by atoms with Crippen LogP contribution in [0.15, 0.2) is 23.1 Å². The molecule has 1 fully saturated rings. The van der Waals surface area contributed by atoms with E-state index < -0.39 is 0 Å². The molecule has 1 aromatic rings. The molecule has 0 amide bonds. The van der Waals surface area contributed by atoms with Gasteiger partial charge in [-0.3, -0.25) is 10.1 Å². The number of nitro benzene ring substituents is 1. The fourth-order valence-electron chi connectivity index (χ4n) is 2.08. The molecular formula is C12H17N3O2S. The smallest absolute Gasteiger partial charge is 0.284 e.